The molecular formula is C19H19N3. The van der Waals surface area contributed by atoms with Crippen molar-refractivity contribution in [3.8, 4) is 0 Å². The van der Waals surface area contributed by atoms with E-state index in [1.165, 1.54) is 11.3 Å². The standard InChI is InChI=1S/C19H19N3/c1-14-11-12-16(13-20-14)22-18-10-6-5-9-17(18)21-19(22)15-7-3-2-4-8-15/h2-4,6-8,10-13,18-19H,5,9H2,1H3. The van der Waals surface area contributed by atoms with Crippen LogP contribution in [0.25, 0.3) is 0 Å². The zero-order chi connectivity index (χ0) is 14.9. The Hall–Kier alpha value is -2.42. The molecule has 4 rings (SSSR count). The van der Waals surface area contributed by atoms with Gasteiger partial charge >= 0.3 is 0 Å². The molecule has 0 saturated carbocycles. The highest BCUT2D eigenvalue weighted by Crippen LogP contribution is 2.38. The number of fused-ring (bicyclic) bond motifs is 1. The van der Waals surface area contributed by atoms with Crippen molar-refractivity contribution in [1.82, 2.24) is 4.98 Å². The van der Waals surface area contributed by atoms with Gasteiger partial charge in [0.15, 0.2) is 0 Å². The SMILES string of the molecule is Cc1ccc(N2C3C=CCCC3=NC2c2ccccc2)cn1. The van der Waals surface area contributed by atoms with E-state index in [9.17, 15) is 0 Å². The zero-order valence-corrected chi connectivity index (χ0v) is 12.7. The number of anilines is 1. The van der Waals surface area contributed by atoms with Crippen molar-refractivity contribution in [2.45, 2.75) is 32.0 Å². The fourth-order valence-electron chi connectivity index (χ4n) is 3.26. The smallest absolute Gasteiger partial charge is 0.147 e. The summed E-state index contributed by atoms with van der Waals surface area (Å²) in [5.41, 5.74) is 4.70. The average molecular weight is 289 g/mol. The van der Waals surface area contributed by atoms with Crippen LogP contribution in [0, 0.1) is 6.92 Å². The number of aryl methyl sites for hydroxylation is 1. The average Bonchev–Trinajstić information content (AvgIpc) is 2.96. The highest BCUT2D eigenvalue weighted by atomic mass is 15.3. The molecule has 0 radical (unpaired) electrons. The molecule has 1 aromatic heterocycles. The molecule has 2 aromatic rings. The maximum absolute atomic E-state index is 5.02. The number of aliphatic imine (C=N–C) groups is 1. The maximum Gasteiger partial charge on any atom is 0.147 e. The van der Waals surface area contributed by atoms with Crippen molar-refractivity contribution >= 4 is 11.4 Å². The van der Waals surface area contributed by atoms with Gasteiger partial charge in [-0.3, -0.25) is 9.98 Å². The minimum atomic E-state index is 0.0495. The second kappa shape index (κ2) is 5.41. The number of hydrogen-bond donors (Lipinski definition) is 0. The van der Waals surface area contributed by atoms with Crippen LogP contribution in [0.3, 0.4) is 0 Å². The first-order valence-electron chi connectivity index (χ1n) is 7.82. The van der Waals surface area contributed by atoms with Crippen LogP contribution in [-0.4, -0.2) is 16.7 Å². The van der Waals surface area contributed by atoms with E-state index in [4.69, 9.17) is 4.99 Å². The molecule has 3 heteroatoms. The van der Waals surface area contributed by atoms with Crippen LogP contribution in [-0.2, 0) is 0 Å². The van der Waals surface area contributed by atoms with Crippen molar-refractivity contribution < 1.29 is 0 Å². The van der Waals surface area contributed by atoms with Crippen molar-refractivity contribution in [3.63, 3.8) is 0 Å². The zero-order valence-electron chi connectivity index (χ0n) is 12.7. The molecule has 0 fully saturated rings. The molecule has 2 aliphatic rings. The summed E-state index contributed by atoms with van der Waals surface area (Å²) in [6.07, 6.45) is 8.72. The highest BCUT2D eigenvalue weighted by Gasteiger charge is 2.36. The quantitative estimate of drug-likeness (QED) is 0.780. The first kappa shape index (κ1) is 13.3. The van der Waals surface area contributed by atoms with Gasteiger partial charge in [0, 0.05) is 11.4 Å². The lowest BCUT2D eigenvalue weighted by Gasteiger charge is -2.31. The molecule has 3 nitrogen and oxygen atoms in total. The minimum Gasteiger partial charge on any atom is -0.333 e. The topological polar surface area (TPSA) is 28.5 Å². The number of hydrogen-bond acceptors (Lipinski definition) is 3. The van der Waals surface area contributed by atoms with Gasteiger partial charge in [-0.05, 0) is 37.5 Å². The predicted octanol–water partition coefficient (Wildman–Crippen LogP) is 4.07. The Morgan fingerprint density at radius 2 is 1.95 bits per heavy atom. The molecular weight excluding hydrogens is 270 g/mol. The third-order valence-electron chi connectivity index (χ3n) is 4.37. The summed E-state index contributed by atoms with van der Waals surface area (Å²) >= 11 is 0. The second-order valence-electron chi connectivity index (χ2n) is 5.88. The van der Waals surface area contributed by atoms with Crippen molar-refractivity contribution in [2.24, 2.45) is 4.99 Å². The summed E-state index contributed by atoms with van der Waals surface area (Å²) in [6, 6.07) is 15.0. The molecule has 1 aliphatic carbocycles. The second-order valence-corrected chi connectivity index (χ2v) is 5.88. The van der Waals surface area contributed by atoms with E-state index >= 15 is 0 Å². The normalized spacial score (nSPS) is 23.3. The molecule has 0 spiro atoms. The molecule has 2 heterocycles. The first-order chi connectivity index (χ1) is 10.8. The van der Waals surface area contributed by atoms with Crippen LogP contribution in [0.5, 0.6) is 0 Å². The van der Waals surface area contributed by atoms with Gasteiger partial charge in [-0.25, -0.2) is 0 Å². The third-order valence-corrected chi connectivity index (χ3v) is 4.37. The van der Waals surface area contributed by atoms with Crippen LogP contribution in [0.1, 0.15) is 30.3 Å². The Balaban J connectivity index is 1.79. The van der Waals surface area contributed by atoms with Gasteiger partial charge in [0.2, 0.25) is 0 Å². The van der Waals surface area contributed by atoms with Crippen molar-refractivity contribution in [3.05, 3.63) is 72.1 Å². The number of allylic oxidation sites excluding steroid dienone is 1. The number of benzene rings is 1. The molecule has 0 saturated heterocycles. The highest BCUT2D eigenvalue weighted by molar-refractivity contribution is 5.97. The minimum absolute atomic E-state index is 0.0495. The van der Waals surface area contributed by atoms with E-state index in [2.05, 4.69) is 64.5 Å². The number of pyridine rings is 1. The van der Waals surface area contributed by atoms with Crippen LogP contribution in [0.4, 0.5) is 5.69 Å². The van der Waals surface area contributed by atoms with Gasteiger partial charge < -0.3 is 4.90 Å². The van der Waals surface area contributed by atoms with Crippen LogP contribution in [0.15, 0.2) is 65.8 Å². The molecule has 0 bridgehead atoms. The molecule has 0 N–H and O–H groups in total. The van der Waals surface area contributed by atoms with E-state index in [0.717, 1.165) is 24.2 Å². The number of nitrogens with zero attached hydrogens (tertiary/aromatic N) is 3. The van der Waals surface area contributed by atoms with Gasteiger partial charge in [0.05, 0.1) is 17.9 Å². The van der Waals surface area contributed by atoms with E-state index in [-0.39, 0.29) is 12.2 Å². The Kier molecular flexibility index (Phi) is 3.26. The van der Waals surface area contributed by atoms with Crippen LogP contribution >= 0.6 is 0 Å². The van der Waals surface area contributed by atoms with Crippen molar-refractivity contribution in [2.75, 3.05) is 4.90 Å². The summed E-state index contributed by atoms with van der Waals surface area (Å²) in [5.74, 6) is 0. The summed E-state index contributed by atoms with van der Waals surface area (Å²) in [4.78, 5) is 11.9. The molecule has 110 valence electrons. The molecule has 1 aliphatic heterocycles. The van der Waals surface area contributed by atoms with Gasteiger partial charge in [0.1, 0.15) is 6.17 Å². The summed E-state index contributed by atoms with van der Waals surface area (Å²) < 4.78 is 0. The molecule has 0 amide bonds. The van der Waals surface area contributed by atoms with E-state index in [1.807, 2.05) is 13.1 Å². The fourth-order valence-corrected chi connectivity index (χ4v) is 3.26. The monoisotopic (exact) mass is 289 g/mol. The Bertz CT molecular complexity index is 716. The largest absolute Gasteiger partial charge is 0.333 e. The molecule has 1 aromatic carbocycles. The molecule has 2 atom stereocenters. The first-order valence-corrected chi connectivity index (χ1v) is 7.82. The fraction of sp³-hybridized carbons (Fsp3) is 0.263. The number of aromatic nitrogens is 1. The summed E-state index contributed by atoms with van der Waals surface area (Å²) in [5, 5.41) is 0. The lowest BCUT2D eigenvalue weighted by molar-refractivity contribution is 0.692. The summed E-state index contributed by atoms with van der Waals surface area (Å²) in [7, 11) is 0. The Labute approximate surface area is 131 Å². The van der Waals surface area contributed by atoms with Gasteiger partial charge in [-0.15, -0.1) is 0 Å². The Morgan fingerprint density at radius 1 is 1.09 bits per heavy atom. The predicted molar refractivity (Wildman–Crippen MR) is 90.2 cm³/mol. The lowest BCUT2D eigenvalue weighted by Crippen LogP contribution is -2.36. The third kappa shape index (κ3) is 2.23. The van der Waals surface area contributed by atoms with Crippen molar-refractivity contribution in [1.29, 1.82) is 0 Å². The summed E-state index contributed by atoms with van der Waals surface area (Å²) in [6.45, 7) is 2.02. The van der Waals surface area contributed by atoms with E-state index < -0.39 is 0 Å². The van der Waals surface area contributed by atoms with E-state index in [0.29, 0.717) is 0 Å². The van der Waals surface area contributed by atoms with E-state index in [1.54, 1.807) is 0 Å². The van der Waals surface area contributed by atoms with Gasteiger partial charge in [-0.2, -0.15) is 0 Å². The van der Waals surface area contributed by atoms with Crippen LogP contribution in [0.2, 0.25) is 0 Å². The van der Waals surface area contributed by atoms with Crippen LogP contribution < -0.4 is 4.90 Å². The van der Waals surface area contributed by atoms with Gasteiger partial charge in [0.25, 0.3) is 0 Å². The molecule has 2 unspecified atom stereocenters. The lowest BCUT2D eigenvalue weighted by atomic mass is 9.99. The molecule has 22 heavy (non-hydrogen) atoms. The number of rotatable bonds is 2. The maximum atomic E-state index is 5.02. The Morgan fingerprint density at radius 3 is 2.73 bits per heavy atom. The van der Waals surface area contributed by atoms with Gasteiger partial charge in [-0.1, -0.05) is 42.5 Å².